The Morgan fingerprint density at radius 3 is 2.59 bits per heavy atom. The molecule has 1 N–H and O–H groups in total. The molecule has 0 bridgehead atoms. The first-order chi connectivity index (χ1) is 10.4. The van der Waals surface area contributed by atoms with Crippen LogP contribution in [0, 0.1) is 0 Å². The van der Waals surface area contributed by atoms with E-state index in [0.717, 1.165) is 0 Å². The topological polar surface area (TPSA) is 72.5 Å². The third-order valence-electron chi connectivity index (χ3n) is 2.73. The van der Waals surface area contributed by atoms with Crippen molar-refractivity contribution in [2.24, 2.45) is 0 Å². The number of allylic oxidation sites excluding steroid dienone is 3. The summed E-state index contributed by atoms with van der Waals surface area (Å²) in [5.41, 5.74) is 0.974. The quantitative estimate of drug-likeness (QED) is 0.379. The monoisotopic (exact) mass is 301 g/mol. The Hall–Kier alpha value is -2.69. The van der Waals surface area contributed by atoms with Gasteiger partial charge in [0.2, 0.25) is 0 Å². The van der Waals surface area contributed by atoms with Gasteiger partial charge in [0, 0.05) is 17.3 Å². The highest BCUT2D eigenvalue weighted by atomic mass is 16.5. The van der Waals surface area contributed by atoms with Gasteiger partial charge in [-0.05, 0) is 32.9 Å². The number of hydrogen-bond donors (Lipinski definition) is 1. The molecule has 0 aliphatic heterocycles. The molecule has 0 saturated carbocycles. The minimum atomic E-state index is -0.941. The summed E-state index contributed by atoms with van der Waals surface area (Å²) in [6.45, 7) is 4.74. The molecule has 5 nitrogen and oxygen atoms in total. The number of Topliss-reactive ketones (excluding diaryl/α,β-unsaturated/α-hetero) is 1. The highest BCUT2D eigenvalue weighted by Gasteiger charge is 2.16. The van der Waals surface area contributed by atoms with E-state index in [0.29, 0.717) is 11.3 Å². The highest BCUT2D eigenvalue weighted by molar-refractivity contribution is 5.98. The summed E-state index contributed by atoms with van der Waals surface area (Å²) >= 11 is 0. The number of ketones is 1. The molecule has 0 aliphatic rings. The molecule has 0 unspecified atom stereocenters. The normalized spacial score (nSPS) is 12.3. The molecular weight excluding hydrogens is 282 g/mol. The lowest BCUT2D eigenvalue weighted by Gasteiger charge is -2.12. The molecule has 1 aromatic rings. The molecule has 0 spiro atoms. The lowest BCUT2D eigenvalue weighted by Crippen LogP contribution is -2.29. The molecule has 1 rings (SSSR count). The van der Waals surface area contributed by atoms with Gasteiger partial charge in [-0.15, -0.1) is 0 Å². The maximum atomic E-state index is 11.9. The van der Waals surface area contributed by atoms with Gasteiger partial charge in [0.1, 0.15) is 0 Å². The first-order valence-corrected chi connectivity index (χ1v) is 6.86. The van der Waals surface area contributed by atoms with Gasteiger partial charge in [-0.25, -0.2) is 4.79 Å². The average Bonchev–Trinajstić information content (AvgIpc) is 2.47. The number of carbonyl (C=O) groups is 3. The number of esters is 1. The Labute approximate surface area is 129 Å². The first-order valence-electron chi connectivity index (χ1n) is 6.86. The third kappa shape index (κ3) is 5.75. The van der Waals surface area contributed by atoms with Gasteiger partial charge in [-0.3, -0.25) is 9.59 Å². The molecule has 22 heavy (non-hydrogen) atoms. The number of hydrogen-bond acceptors (Lipinski definition) is 4. The third-order valence-corrected chi connectivity index (χ3v) is 2.73. The second kappa shape index (κ2) is 8.56. The fourth-order valence-corrected chi connectivity index (χ4v) is 1.57. The van der Waals surface area contributed by atoms with E-state index < -0.39 is 18.0 Å². The fraction of sp³-hybridized carbons (Fsp3) is 0.235. The van der Waals surface area contributed by atoms with Crippen LogP contribution in [0.3, 0.4) is 0 Å². The van der Waals surface area contributed by atoms with Crippen LogP contribution in [0.1, 0.15) is 31.1 Å². The van der Waals surface area contributed by atoms with E-state index in [1.165, 1.54) is 26.0 Å². The van der Waals surface area contributed by atoms with Gasteiger partial charge < -0.3 is 10.1 Å². The predicted octanol–water partition coefficient (Wildman–Crippen LogP) is 2.89. The summed E-state index contributed by atoms with van der Waals surface area (Å²) in [4.78, 5) is 34.7. The summed E-state index contributed by atoms with van der Waals surface area (Å²) < 4.78 is 4.97. The lowest BCUT2D eigenvalue weighted by molar-refractivity contribution is -0.148. The Morgan fingerprint density at radius 1 is 1.23 bits per heavy atom. The van der Waals surface area contributed by atoms with E-state index in [1.807, 2.05) is 6.92 Å². The summed E-state index contributed by atoms with van der Waals surface area (Å²) in [5, 5.41) is 2.60. The Morgan fingerprint density at radius 2 is 1.95 bits per heavy atom. The predicted molar refractivity (Wildman–Crippen MR) is 84.6 cm³/mol. The van der Waals surface area contributed by atoms with Crippen LogP contribution in [0.5, 0.6) is 0 Å². The zero-order valence-corrected chi connectivity index (χ0v) is 12.8. The Bertz CT molecular complexity index is 617. The number of amides is 1. The highest BCUT2D eigenvalue weighted by Crippen LogP contribution is 2.12. The van der Waals surface area contributed by atoms with Crippen LogP contribution in [0.25, 0.3) is 0 Å². The number of benzene rings is 1. The number of nitrogens with one attached hydrogen (secondary N) is 1. The molecule has 1 amide bonds. The van der Waals surface area contributed by atoms with Crippen molar-refractivity contribution in [1.82, 2.24) is 0 Å². The number of ether oxygens (including phenoxy) is 1. The lowest BCUT2D eigenvalue weighted by atomic mass is 10.1. The van der Waals surface area contributed by atoms with Crippen molar-refractivity contribution in [1.29, 1.82) is 0 Å². The summed E-state index contributed by atoms with van der Waals surface area (Å²) in [5.74, 6) is -1.16. The van der Waals surface area contributed by atoms with Crippen LogP contribution >= 0.6 is 0 Å². The molecule has 0 aliphatic carbocycles. The molecular formula is C17H19NO4. The van der Waals surface area contributed by atoms with E-state index in [9.17, 15) is 14.4 Å². The van der Waals surface area contributed by atoms with Crippen LogP contribution in [-0.2, 0) is 14.3 Å². The van der Waals surface area contributed by atoms with Gasteiger partial charge in [-0.1, -0.05) is 30.4 Å². The number of rotatable bonds is 6. The summed E-state index contributed by atoms with van der Waals surface area (Å²) in [6.07, 6.45) is 5.27. The van der Waals surface area contributed by atoms with Crippen LogP contribution < -0.4 is 5.32 Å². The van der Waals surface area contributed by atoms with Crippen molar-refractivity contribution < 1.29 is 19.1 Å². The molecule has 1 atom stereocenters. The van der Waals surface area contributed by atoms with Crippen molar-refractivity contribution >= 4 is 23.3 Å². The van der Waals surface area contributed by atoms with E-state index in [2.05, 4.69) is 5.32 Å². The van der Waals surface area contributed by atoms with E-state index in [4.69, 9.17) is 4.74 Å². The van der Waals surface area contributed by atoms with Crippen LogP contribution in [-0.4, -0.2) is 23.8 Å². The largest absolute Gasteiger partial charge is 0.449 e. The molecule has 0 fully saturated rings. The van der Waals surface area contributed by atoms with E-state index in [-0.39, 0.29) is 5.78 Å². The van der Waals surface area contributed by atoms with Crippen molar-refractivity contribution in [2.45, 2.75) is 26.9 Å². The van der Waals surface area contributed by atoms with Gasteiger partial charge in [0.15, 0.2) is 11.9 Å². The maximum absolute atomic E-state index is 11.9. The molecule has 5 heteroatoms. The maximum Gasteiger partial charge on any atom is 0.331 e. The molecule has 0 heterocycles. The van der Waals surface area contributed by atoms with E-state index in [1.54, 1.807) is 36.4 Å². The Kier molecular flexibility index (Phi) is 6.76. The average molecular weight is 301 g/mol. The molecule has 116 valence electrons. The smallest absolute Gasteiger partial charge is 0.331 e. The molecule has 0 saturated heterocycles. The SMILES string of the molecule is C/C=C/C=C/C(=O)O[C@@H](C)C(=O)Nc1cccc(C(C)=O)c1. The van der Waals surface area contributed by atoms with Crippen molar-refractivity contribution in [3.63, 3.8) is 0 Å². The minimum Gasteiger partial charge on any atom is -0.449 e. The zero-order valence-electron chi connectivity index (χ0n) is 12.8. The molecule has 0 aromatic heterocycles. The van der Waals surface area contributed by atoms with Crippen LogP contribution in [0.2, 0.25) is 0 Å². The second-order valence-electron chi connectivity index (χ2n) is 4.59. The standard InChI is InChI=1S/C17H19NO4/c1-4-5-6-10-16(20)22-13(3)17(21)18-15-9-7-8-14(11-15)12(2)19/h4-11,13H,1-3H3,(H,18,21)/b5-4+,10-6+/t13-/m0/s1. The van der Waals surface area contributed by atoms with Crippen LogP contribution in [0.15, 0.2) is 48.6 Å². The first kappa shape index (κ1) is 17.4. The zero-order chi connectivity index (χ0) is 16.5. The van der Waals surface area contributed by atoms with Crippen molar-refractivity contribution in [3.8, 4) is 0 Å². The Balaban J connectivity index is 2.62. The number of anilines is 1. The number of carbonyl (C=O) groups excluding carboxylic acids is 3. The van der Waals surface area contributed by atoms with Crippen molar-refractivity contribution in [3.05, 3.63) is 54.1 Å². The van der Waals surface area contributed by atoms with Crippen LogP contribution in [0.4, 0.5) is 5.69 Å². The second-order valence-corrected chi connectivity index (χ2v) is 4.59. The molecule has 1 aromatic carbocycles. The fourth-order valence-electron chi connectivity index (χ4n) is 1.57. The van der Waals surface area contributed by atoms with Gasteiger partial charge >= 0.3 is 5.97 Å². The van der Waals surface area contributed by atoms with Gasteiger partial charge in [-0.2, -0.15) is 0 Å². The van der Waals surface area contributed by atoms with Crippen molar-refractivity contribution in [2.75, 3.05) is 5.32 Å². The van der Waals surface area contributed by atoms with E-state index >= 15 is 0 Å². The van der Waals surface area contributed by atoms with Gasteiger partial charge in [0.05, 0.1) is 0 Å². The minimum absolute atomic E-state index is 0.0929. The summed E-state index contributed by atoms with van der Waals surface area (Å²) in [6, 6.07) is 6.56. The molecule has 0 radical (unpaired) electrons. The van der Waals surface area contributed by atoms with Gasteiger partial charge in [0.25, 0.3) is 5.91 Å². The summed E-state index contributed by atoms with van der Waals surface area (Å²) in [7, 11) is 0.